The first kappa shape index (κ1) is 29.1. The van der Waals surface area contributed by atoms with Crippen LogP contribution < -0.4 is 0 Å². The molecule has 0 aromatic heterocycles. The van der Waals surface area contributed by atoms with Gasteiger partial charge in [-0.05, 0) is 97.3 Å². The summed E-state index contributed by atoms with van der Waals surface area (Å²) in [5.74, 6) is 1.99. The fraction of sp³-hybridized carbons (Fsp3) is 0.436. The van der Waals surface area contributed by atoms with Crippen LogP contribution in [0.3, 0.4) is 0 Å². The Labute approximate surface area is 239 Å². The van der Waals surface area contributed by atoms with Crippen molar-refractivity contribution in [2.45, 2.75) is 84.5 Å². The number of benzene rings is 2. The maximum atomic E-state index is 4.74. The van der Waals surface area contributed by atoms with Crippen LogP contribution in [0.1, 0.15) is 88.3 Å². The Hall–Kier alpha value is -2.86. The Morgan fingerprint density at radius 3 is 2.21 bits per heavy atom. The van der Waals surface area contributed by atoms with Crippen LogP contribution in [0.4, 0.5) is 0 Å². The molecule has 2 aliphatic rings. The van der Waals surface area contributed by atoms with E-state index in [0.29, 0.717) is 23.7 Å². The van der Waals surface area contributed by atoms with Gasteiger partial charge in [-0.15, -0.1) is 0 Å². The summed E-state index contributed by atoms with van der Waals surface area (Å²) in [6, 6.07) is 19.6. The second-order valence-electron chi connectivity index (χ2n) is 12.4. The Balaban J connectivity index is 1.45. The molecule has 1 fully saturated rings. The third-order valence-corrected chi connectivity index (χ3v) is 9.52. The van der Waals surface area contributed by atoms with E-state index >= 15 is 0 Å². The fourth-order valence-electron chi connectivity index (χ4n) is 6.81. The van der Waals surface area contributed by atoms with Gasteiger partial charge in [-0.1, -0.05) is 142 Å². The molecule has 39 heavy (non-hydrogen) atoms. The second kappa shape index (κ2) is 14.0. The number of rotatable bonds is 14. The largest absolute Gasteiger partial charge is 0.0996 e. The van der Waals surface area contributed by atoms with E-state index in [0.717, 1.165) is 38.5 Å². The average Bonchev–Trinajstić information content (AvgIpc) is 3.40. The van der Waals surface area contributed by atoms with Crippen LogP contribution in [0.25, 0.3) is 6.08 Å². The van der Waals surface area contributed by atoms with Crippen LogP contribution in [0.15, 0.2) is 109 Å². The molecule has 0 heterocycles. The number of hydrogen-bond acceptors (Lipinski definition) is 0. The van der Waals surface area contributed by atoms with E-state index in [-0.39, 0.29) is 0 Å². The first-order valence-corrected chi connectivity index (χ1v) is 15.4. The van der Waals surface area contributed by atoms with Crippen LogP contribution in [-0.4, -0.2) is 0 Å². The minimum atomic E-state index is 0.391. The number of fused-ring (bicyclic) bond motifs is 1. The molecule has 0 bridgehead atoms. The molecule has 1 saturated carbocycles. The molecule has 0 heteroatoms. The molecule has 0 nitrogen and oxygen atoms in total. The minimum absolute atomic E-state index is 0.391. The lowest BCUT2D eigenvalue weighted by atomic mass is 9.74. The van der Waals surface area contributed by atoms with Crippen molar-refractivity contribution in [3.8, 4) is 0 Å². The van der Waals surface area contributed by atoms with Crippen molar-refractivity contribution in [2.24, 2.45) is 23.7 Å². The molecule has 2 unspecified atom stereocenters. The zero-order valence-electron chi connectivity index (χ0n) is 24.7. The summed E-state index contributed by atoms with van der Waals surface area (Å²) in [5.41, 5.74) is 11.0. The van der Waals surface area contributed by atoms with Crippen molar-refractivity contribution >= 4 is 6.08 Å². The van der Waals surface area contributed by atoms with Crippen LogP contribution in [-0.2, 0) is 12.8 Å². The normalized spacial score (nSPS) is 17.5. The van der Waals surface area contributed by atoms with Gasteiger partial charge in [0.15, 0.2) is 0 Å². The molecule has 0 N–H and O–H groups in total. The Morgan fingerprint density at radius 1 is 0.821 bits per heavy atom. The average molecular weight is 519 g/mol. The van der Waals surface area contributed by atoms with E-state index in [4.69, 9.17) is 6.58 Å². The van der Waals surface area contributed by atoms with Crippen molar-refractivity contribution in [3.05, 3.63) is 125 Å². The van der Waals surface area contributed by atoms with Gasteiger partial charge in [0.1, 0.15) is 0 Å². The maximum Gasteiger partial charge on any atom is -0.00171 e. The summed E-state index contributed by atoms with van der Waals surface area (Å²) in [6.07, 6.45) is 15.3. The van der Waals surface area contributed by atoms with E-state index in [1.54, 1.807) is 0 Å². The molecule has 0 aliphatic heterocycles. The van der Waals surface area contributed by atoms with Crippen molar-refractivity contribution in [2.75, 3.05) is 0 Å². The SMILES string of the molecule is C=C(C[C@@H](CC(=C)C1CCCCC1)C(=C)CC(CC)C(=C)C(C)Cc1ccccc1)C1=Cc2ccccc2C1. The van der Waals surface area contributed by atoms with E-state index in [1.165, 1.54) is 76.7 Å². The molecule has 3 atom stereocenters. The van der Waals surface area contributed by atoms with Gasteiger partial charge in [-0.3, -0.25) is 0 Å². The first-order valence-electron chi connectivity index (χ1n) is 15.4. The lowest BCUT2D eigenvalue weighted by molar-refractivity contribution is 0.382. The quantitative estimate of drug-likeness (QED) is 0.218. The van der Waals surface area contributed by atoms with Crippen LogP contribution >= 0.6 is 0 Å². The van der Waals surface area contributed by atoms with Crippen molar-refractivity contribution in [3.63, 3.8) is 0 Å². The summed E-state index contributed by atoms with van der Waals surface area (Å²) >= 11 is 0. The van der Waals surface area contributed by atoms with Gasteiger partial charge in [0, 0.05) is 0 Å². The molecule has 0 spiro atoms. The lowest BCUT2D eigenvalue weighted by Gasteiger charge is -2.31. The summed E-state index contributed by atoms with van der Waals surface area (Å²) in [6.45, 7) is 23.3. The van der Waals surface area contributed by atoms with E-state index in [9.17, 15) is 0 Å². The van der Waals surface area contributed by atoms with Crippen LogP contribution in [0, 0.1) is 23.7 Å². The predicted octanol–water partition coefficient (Wildman–Crippen LogP) is 11.1. The highest BCUT2D eigenvalue weighted by Gasteiger charge is 2.26. The maximum absolute atomic E-state index is 4.74. The topological polar surface area (TPSA) is 0 Å². The molecule has 0 saturated heterocycles. The molecule has 4 rings (SSSR count). The van der Waals surface area contributed by atoms with Crippen molar-refractivity contribution in [1.29, 1.82) is 0 Å². The minimum Gasteiger partial charge on any atom is -0.0996 e. The van der Waals surface area contributed by atoms with Crippen molar-refractivity contribution in [1.82, 2.24) is 0 Å². The van der Waals surface area contributed by atoms with Crippen LogP contribution in [0.5, 0.6) is 0 Å². The molecule has 206 valence electrons. The highest BCUT2D eigenvalue weighted by atomic mass is 14.3. The Bertz CT molecular complexity index is 1180. The van der Waals surface area contributed by atoms with E-state index in [1.807, 2.05) is 0 Å². The van der Waals surface area contributed by atoms with Gasteiger partial charge in [-0.2, -0.15) is 0 Å². The van der Waals surface area contributed by atoms with Gasteiger partial charge in [-0.25, -0.2) is 0 Å². The van der Waals surface area contributed by atoms with E-state index < -0.39 is 0 Å². The van der Waals surface area contributed by atoms with Crippen LogP contribution in [0.2, 0.25) is 0 Å². The highest BCUT2D eigenvalue weighted by Crippen LogP contribution is 2.40. The molecule has 2 aliphatic carbocycles. The molecular formula is C39H50. The fourth-order valence-corrected chi connectivity index (χ4v) is 6.81. The van der Waals surface area contributed by atoms with Gasteiger partial charge in [0.25, 0.3) is 0 Å². The monoisotopic (exact) mass is 518 g/mol. The van der Waals surface area contributed by atoms with Gasteiger partial charge in [0.2, 0.25) is 0 Å². The highest BCUT2D eigenvalue weighted by molar-refractivity contribution is 5.68. The summed E-state index contributed by atoms with van der Waals surface area (Å²) < 4.78 is 0. The Kier molecular flexibility index (Phi) is 10.4. The molecule has 2 aromatic carbocycles. The predicted molar refractivity (Wildman–Crippen MR) is 172 cm³/mol. The molecule has 0 amide bonds. The summed E-state index contributed by atoms with van der Waals surface area (Å²) in [4.78, 5) is 0. The summed E-state index contributed by atoms with van der Waals surface area (Å²) in [7, 11) is 0. The second-order valence-corrected chi connectivity index (χ2v) is 12.4. The first-order chi connectivity index (χ1) is 18.9. The molecule has 0 radical (unpaired) electrons. The van der Waals surface area contributed by atoms with Gasteiger partial charge >= 0.3 is 0 Å². The molecular weight excluding hydrogens is 468 g/mol. The zero-order chi connectivity index (χ0) is 27.8. The standard InChI is InChI=1S/C39H50/c1-7-34(32(6)28(2)22-33-16-10-8-11-17-33)23-30(4)38(24-29(3)35-18-12-9-13-19-35)25-31(5)39-26-36-20-14-15-21-37(36)27-39/h8,10-11,14-17,20-21,26,28,34-35,38H,3-7,9,12-13,18-19,22-25,27H2,1-2H3/t28?,34?,38-/m1/s1. The van der Waals surface area contributed by atoms with Gasteiger partial charge in [0.05, 0.1) is 0 Å². The third kappa shape index (κ3) is 7.84. The number of allylic oxidation sites excluding steroid dienone is 5. The summed E-state index contributed by atoms with van der Waals surface area (Å²) in [5, 5.41) is 0. The Morgan fingerprint density at radius 2 is 1.51 bits per heavy atom. The molecule has 2 aromatic rings. The lowest BCUT2D eigenvalue weighted by Crippen LogP contribution is -2.17. The smallest absolute Gasteiger partial charge is 0.00171 e. The zero-order valence-corrected chi connectivity index (χ0v) is 24.7. The van der Waals surface area contributed by atoms with Gasteiger partial charge < -0.3 is 0 Å². The van der Waals surface area contributed by atoms with E-state index in [2.05, 4.69) is 94.3 Å². The van der Waals surface area contributed by atoms with Crippen molar-refractivity contribution < 1.29 is 0 Å². The number of hydrogen-bond donors (Lipinski definition) is 0. The third-order valence-electron chi connectivity index (χ3n) is 9.52.